The molecule has 2 heterocycles. The minimum atomic E-state index is -0.139. The molecule has 2 amide bonds. The van der Waals surface area contributed by atoms with Crippen molar-refractivity contribution in [2.75, 3.05) is 10.6 Å². The van der Waals surface area contributed by atoms with Crippen molar-refractivity contribution in [2.45, 2.75) is 26.8 Å². The zero-order valence-electron chi connectivity index (χ0n) is 13.8. The summed E-state index contributed by atoms with van der Waals surface area (Å²) in [4.78, 5) is 23.7. The van der Waals surface area contributed by atoms with Gasteiger partial charge >= 0.3 is 0 Å². The molecule has 3 aromatic rings. The summed E-state index contributed by atoms with van der Waals surface area (Å²) in [5.41, 5.74) is 3.12. The number of hydrogen-bond donors (Lipinski definition) is 2. The van der Waals surface area contributed by atoms with Gasteiger partial charge in [0.05, 0.1) is 10.2 Å². The van der Waals surface area contributed by atoms with E-state index in [1.807, 2.05) is 22.1 Å². The number of nitrogens with zero attached hydrogens (tertiary/aromatic N) is 1. The number of benzene rings is 1. The average Bonchev–Trinajstić information content (AvgIpc) is 3.08. The van der Waals surface area contributed by atoms with Gasteiger partial charge in [0.1, 0.15) is 5.69 Å². The van der Waals surface area contributed by atoms with Crippen LogP contribution in [0.25, 0.3) is 10.2 Å². The second-order valence-electron chi connectivity index (χ2n) is 5.88. The van der Waals surface area contributed by atoms with Gasteiger partial charge in [-0.2, -0.15) is 0 Å². The van der Waals surface area contributed by atoms with Crippen LogP contribution in [-0.4, -0.2) is 16.4 Å². The summed E-state index contributed by atoms with van der Waals surface area (Å²) < 4.78 is 3.15. The zero-order chi connectivity index (χ0) is 17.3. The van der Waals surface area contributed by atoms with E-state index in [0.717, 1.165) is 10.2 Å². The van der Waals surface area contributed by atoms with Crippen molar-refractivity contribution < 1.29 is 9.59 Å². The topological polar surface area (TPSA) is 63.1 Å². The van der Waals surface area contributed by atoms with Crippen LogP contribution in [0.4, 0.5) is 11.4 Å². The standard InChI is InChI=1S/C18H19N3O2S/c1-11(2)21-15-8-9-24-17(15)10-16(21)18(23)20-14-6-4-13(5-7-14)19-12(3)22/h4-11H,1-3H3,(H,19,22)(H,20,23). The molecular weight excluding hydrogens is 322 g/mol. The van der Waals surface area contributed by atoms with E-state index in [1.54, 1.807) is 35.6 Å². The van der Waals surface area contributed by atoms with Crippen LogP contribution in [0, 0.1) is 0 Å². The van der Waals surface area contributed by atoms with E-state index in [4.69, 9.17) is 0 Å². The maximum Gasteiger partial charge on any atom is 0.272 e. The number of anilines is 2. The van der Waals surface area contributed by atoms with Crippen LogP contribution in [0.15, 0.2) is 41.8 Å². The fourth-order valence-electron chi connectivity index (χ4n) is 2.71. The van der Waals surface area contributed by atoms with Gasteiger partial charge in [0, 0.05) is 24.3 Å². The third kappa shape index (κ3) is 3.19. The second-order valence-corrected chi connectivity index (χ2v) is 6.82. The zero-order valence-corrected chi connectivity index (χ0v) is 14.6. The minimum Gasteiger partial charge on any atom is -0.333 e. The van der Waals surface area contributed by atoms with E-state index in [-0.39, 0.29) is 17.9 Å². The van der Waals surface area contributed by atoms with Gasteiger partial charge in [-0.25, -0.2) is 0 Å². The summed E-state index contributed by atoms with van der Waals surface area (Å²) in [6.07, 6.45) is 0. The quantitative estimate of drug-likeness (QED) is 0.734. The fourth-order valence-corrected chi connectivity index (χ4v) is 3.52. The number of carbonyl (C=O) groups excluding carboxylic acids is 2. The van der Waals surface area contributed by atoms with Gasteiger partial charge in [-0.1, -0.05) is 0 Å². The van der Waals surface area contributed by atoms with Crippen molar-refractivity contribution in [3.63, 3.8) is 0 Å². The lowest BCUT2D eigenvalue weighted by Gasteiger charge is -2.14. The molecule has 0 aliphatic carbocycles. The van der Waals surface area contributed by atoms with Gasteiger partial charge in [-0.05, 0) is 55.6 Å². The van der Waals surface area contributed by atoms with Crippen LogP contribution in [0.2, 0.25) is 0 Å². The maximum absolute atomic E-state index is 12.7. The summed E-state index contributed by atoms with van der Waals surface area (Å²) in [6.45, 7) is 5.59. The summed E-state index contributed by atoms with van der Waals surface area (Å²) in [7, 11) is 0. The highest BCUT2D eigenvalue weighted by atomic mass is 32.1. The molecule has 0 bridgehead atoms. The van der Waals surface area contributed by atoms with Crippen molar-refractivity contribution in [3.8, 4) is 0 Å². The lowest BCUT2D eigenvalue weighted by molar-refractivity contribution is -0.114. The van der Waals surface area contributed by atoms with Gasteiger partial charge < -0.3 is 15.2 Å². The van der Waals surface area contributed by atoms with E-state index in [0.29, 0.717) is 17.1 Å². The molecule has 0 unspecified atom stereocenters. The first-order valence-corrected chi connectivity index (χ1v) is 8.61. The number of amides is 2. The highest BCUT2D eigenvalue weighted by Crippen LogP contribution is 2.29. The molecule has 2 aromatic heterocycles. The molecule has 1 aromatic carbocycles. The van der Waals surface area contributed by atoms with Crippen molar-refractivity contribution >= 4 is 44.7 Å². The van der Waals surface area contributed by atoms with Gasteiger partial charge in [0.2, 0.25) is 5.91 Å². The Hall–Kier alpha value is -2.60. The summed E-state index contributed by atoms with van der Waals surface area (Å²) in [6, 6.07) is 11.2. The normalized spacial score (nSPS) is 11.0. The SMILES string of the molecule is CC(=O)Nc1ccc(NC(=O)c2cc3sccc3n2C(C)C)cc1. The van der Waals surface area contributed by atoms with E-state index < -0.39 is 0 Å². The fraction of sp³-hybridized carbons (Fsp3) is 0.222. The van der Waals surface area contributed by atoms with Gasteiger partial charge in [0.15, 0.2) is 0 Å². The Kier molecular flexibility index (Phi) is 4.40. The molecule has 0 spiro atoms. The van der Waals surface area contributed by atoms with E-state index in [2.05, 4.69) is 24.5 Å². The van der Waals surface area contributed by atoms with Crippen molar-refractivity contribution in [1.29, 1.82) is 0 Å². The Balaban J connectivity index is 1.83. The largest absolute Gasteiger partial charge is 0.333 e. The van der Waals surface area contributed by atoms with Crippen molar-refractivity contribution in [3.05, 3.63) is 47.5 Å². The molecule has 24 heavy (non-hydrogen) atoms. The van der Waals surface area contributed by atoms with E-state index in [9.17, 15) is 9.59 Å². The molecule has 0 fully saturated rings. The Labute approximate surface area is 144 Å². The predicted molar refractivity (Wildman–Crippen MR) is 98.9 cm³/mol. The maximum atomic E-state index is 12.7. The molecule has 0 radical (unpaired) electrons. The average molecular weight is 341 g/mol. The molecule has 2 N–H and O–H groups in total. The number of hydrogen-bond acceptors (Lipinski definition) is 3. The highest BCUT2D eigenvalue weighted by Gasteiger charge is 2.18. The van der Waals surface area contributed by atoms with E-state index >= 15 is 0 Å². The monoisotopic (exact) mass is 341 g/mol. The van der Waals surface area contributed by atoms with Crippen LogP contribution >= 0.6 is 11.3 Å². The van der Waals surface area contributed by atoms with Crippen LogP contribution in [0.5, 0.6) is 0 Å². The summed E-state index contributed by atoms with van der Waals surface area (Å²) in [5.74, 6) is -0.263. The van der Waals surface area contributed by atoms with Gasteiger partial charge in [-0.15, -0.1) is 11.3 Å². The lowest BCUT2D eigenvalue weighted by Crippen LogP contribution is -2.18. The van der Waals surface area contributed by atoms with Crippen molar-refractivity contribution in [1.82, 2.24) is 4.57 Å². The number of rotatable bonds is 4. The molecule has 6 heteroatoms. The lowest BCUT2D eigenvalue weighted by atomic mass is 10.2. The Bertz CT molecular complexity index is 891. The van der Waals surface area contributed by atoms with Crippen LogP contribution in [-0.2, 0) is 4.79 Å². The molecular formula is C18H19N3O2S. The first-order valence-electron chi connectivity index (χ1n) is 7.73. The van der Waals surface area contributed by atoms with Crippen LogP contribution in [0.1, 0.15) is 37.3 Å². The van der Waals surface area contributed by atoms with Gasteiger partial charge in [0.25, 0.3) is 5.91 Å². The first-order chi connectivity index (χ1) is 11.5. The molecule has 0 atom stereocenters. The van der Waals surface area contributed by atoms with Gasteiger partial charge in [-0.3, -0.25) is 9.59 Å². The number of thiophene rings is 1. The molecule has 5 nitrogen and oxygen atoms in total. The predicted octanol–water partition coefficient (Wildman–Crippen LogP) is 4.49. The third-order valence-corrected chi connectivity index (χ3v) is 4.53. The Morgan fingerprint density at radius 2 is 1.67 bits per heavy atom. The van der Waals surface area contributed by atoms with Crippen LogP contribution in [0.3, 0.4) is 0 Å². The molecule has 3 rings (SSSR count). The smallest absolute Gasteiger partial charge is 0.272 e. The Morgan fingerprint density at radius 3 is 2.25 bits per heavy atom. The summed E-state index contributed by atoms with van der Waals surface area (Å²) in [5, 5.41) is 7.65. The third-order valence-electron chi connectivity index (χ3n) is 3.67. The molecule has 0 aliphatic rings. The number of aromatic nitrogens is 1. The molecule has 0 aliphatic heterocycles. The first kappa shape index (κ1) is 16.3. The summed E-state index contributed by atoms with van der Waals surface area (Å²) >= 11 is 1.63. The molecule has 124 valence electrons. The van der Waals surface area contributed by atoms with Crippen molar-refractivity contribution in [2.24, 2.45) is 0 Å². The second kappa shape index (κ2) is 6.49. The number of carbonyl (C=O) groups is 2. The minimum absolute atomic E-state index is 0.124. The number of nitrogens with one attached hydrogen (secondary N) is 2. The molecule has 0 saturated heterocycles. The highest BCUT2D eigenvalue weighted by molar-refractivity contribution is 7.17. The van der Waals surface area contributed by atoms with E-state index in [1.165, 1.54) is 6.92 Å². The molecule has 0 saturated carbocycles. The Morgan fingerprint density at radius 1 is 1.04 bits per heavy atom. The number of fused-ring (bicyclic) bond motifs is 1. The van der Waals surface area contributed by atoms with Crippen LogP contribution < -0.4 is 10.6 Å².